The average molecular weight is 367 g/mol. The van der Waals surface area contributed by atoms with Crippen LogP contribution in [0, 0.1) is 13.8 Å². The molecule has 1 fully saturated rings. The SMILES string of the molecule is Cc1ccc(CNC(=O)c2nc3n(c(=O)c2O)CCCC32CCC2)cc1C. The fourth-order valence-corrected chi connectivity index (χ4v) is 4.26. The molecule has 2 aromatic rings. The molecule has 1 aromatic carbocycles. The lowest BCUT2D eigenvalue weighted by atomic mass is 9.64. The van der Waals surface area contributed by atoms with Crippen molar-refractivity contribution in [2.45, 2.75) is 64.5 Å². The highest BCUT2D eigenvalue weighted by molar-refractivity contribution is 5.94. The Kier molecular flexibility index (Phi) is 4.29. The summed E-state index contributed by atoms with van der Waals surface area (Å²) in [7, 11) is 0. The maximum atomic E-state index is 12.7. The van der Waals surface area contributed by atoms with Crippen LogP contribution < -0.4 is 10.9 Å². The summed E-state index contributed by atoms with van der Waals surface area (Å²) in [6.07, 6.45) is 5.01. The van der Waals surface area contributed by atoms with Gasteiger partial charge in [-0.1, -0.05) is 24.6 Å². The van der Waals surface area contributed by atoms with Gasteiger partial charge in [-0.15, -0.1) is 0 Å². The largest absolute Gasteiger partial charge is 0.501 e. The highest BCUT2D eigenvalue weighted by Crippen LogP contribution is 2.48. The predicted octanol–water partition coefficient (Wildman–Crippen LogP) is 2.71. The number of nitrogens with one attached hydrogen (secondary N) is 1. The monoisotopic (exact) mass is 367 g/mol. The first-order valence-electron chi connectivity index (χ1n) is 9.60. The van der Waals surface area contributed by atoms with Gasteiger partial charge in [-0.3, -0.25) is 14.2 Å². The van der Waals surface area contributed by atoms with Crippen LogP contribution in [0.15, 0.2) is 23.0 Å². The number of amides is 1. The topological polar surface area (TPSA) is 84.2 Å². The van der Waals surface area contributed by atoms with Crippen LogP contribution in [0.5, 0.6) is 5.75 Å². The van der Waals surface area contributed by atoms with Gasteiger partial charge in [0.25, 0.3) is 11.5 Å². The van der Waals surface area contributed by atoms with Gasteiger partial charge in [0, 0.05) is 18.5 Å². The van der Waals surface area contributed by atoms with Crippen molar-refractivity contribution in [3.05, 3.63) is 56.8 Å². The van der Waals surface area contributed by atoms with Crippen molar-refractivity contribution in [2.24, 2.45) is 0 Å². The second-order valence-electron chi connectivity index (χ2n) is 7.93. The van der Waals surface area contributed by atoms with E-state index in [4.69, 9.17) is 0 Å². The third-order valence-corrected chi connectivity index (χ3v) is 6.21. The summed E-state index contributed by atoms with van der Waals surface area (Å²) in [5, 5.41) is 13.1. The van der Waals surface area contributed by atoms with Crippen molar-refractivity contribution in [3.8, 4) is 5.75 Å². The molecule has 142 valence electrons. The van der Waals surface area contributed by atoms with E-state index in [2.05, 4.69) is 10.3 Å². The summed E-state index contributed by atoms with van der Waals surface area (Å²) in [4.78, 5) is 29.8. The summed E-state index contributed by atoms with van der Waals surface area (Å²) < 4.78 is 1.57. The fourth-order valence-electron chi connectivity index (χ4n) is 4.26. The molecule has 1 spiro atoms. The van der Waals surface area contributed by atoms with Gasteiger partial charge in [-0.25, -0.2) is 4.98 Å². The minimum absolute atomic E-state index is 0.0891. The summed E-state index contributed by atoms with van der Waals surface area (Å²) in [6, 6.07) is 5.99. The standard InChI is InChI=1S/C21H25N3O3/c1-13-5-6-15(11-14(13)2)12-22-18(26)16-17(25)19(27)24-10-4-9-21(7-3-8-21)20(24)23-16/h5-6,11,25H,3-4,7-10,12H2,1-2H3,(H,22,26). The third kappa shape index (κ3) is 2.93. The molecule has 6 nitrogen and oxygen atoms in total. The van der Waals surface area contributed by atoms with Gasteiger partial charge in [0.2, 0.25) is 5.75 Å². The van der Waals surface area contributed by atoms with E-state index in [0.29, 0.717) is 18.9 Å². The molecule has 1 aliphatic carbocycles. The van der Waals surface area contributed by atoms with Gasteiger partial charge in [0.05, 0.1) is 0 Å². The maximum absolute atomic E-state index is 12.7. The number of aromatic hydroxyl groups is 1. The molecular formula is C21H25N3O3. The molecule has 0 unspecified atom stereocenters. The number of aryl methyl sites for hydroxylation is 2. The zero-order valence-corrected chi connectivity index (χ0v) is 15.8. The van der Waals surface area contributed by atoms with Crippen molar-refractivity contribution in [1.29, 1.82) is 0 Å². The number of carbonyl (C=O) groups excluding carboxylic acids is 1. The van der Waals surface area contributed by atoms with Gasteiger partial charge < -0.3 is 10.4 Å². The van der Waals surface area contributed by atoms with Gasteiger partial charge >= 0.3 is 0 Å². The first kappa shape index (κ1) is 17.8. The lowest BCUT2D eigenvalue weighted by molar-refractivity contribution is 0.0938. The minimum Gasteiger partial charge on any atom is -0.501 e. The zero-order valence-electron chi connectivity index (χ0n) is 15.8. The summed E-state index contributed by atoms with van der Waals surface area (Å²) in [5.74, 6) is -0.377. The number of benzene rings is 1. The number of aromatic nitrogens is 2. The Balaban J connectivity index is 1.62. The van der Waals surface area contributed by atoms with E-state index in [0.717, 1.165) is 43.2 Å². The van der Waals surface area contributed by atoms with Crippen LogP contribution in [0.25, 0.3) is 0 Å². The summed E-state index contributed by atoms with van der Waals surface area (Å²) in [5.41, 5.74) is 2.58. The van der Waals surface area contributed by atoms with Crippen LogP contribution >= 0.6 is 0 Å². The normalized spacial score (nSPS) is 17.3. The third-order valence-electron chi connectivity index (χ3n) is 6.21. The van der Waals surface area contributed by atoms with Crippen molar-refractivity contribution in [2.75, 3.05) is 0 Å². The summed E-state index contributed by atoms with van der Waals surface area (Å²) >= 11 is 0. The Morgan fingerprint density at radius 2 is 1.96 bits per heavy atom. The number of hydrogen-bond donors (Lipinski definition) is 2. The van der Waals surface area contributed by atoms with Crippen LogP contribution in [0.4, 0.5) is 0 Å². The molecule has 2 heterocycles. The van der Waals surface area contributed by atoms with Gasteiger partial charge in [0.1, 0.15) is 5.82 Å². The second-order valence-corrected chi connectivity index (χ2v) is 7.93. The van der Waals surface area contributed by atoms with E-state index in [1.54, 1.807) is 4.57 Å². The molecule has 0 saturated heterocycles. The van der Waals surface area contributed by atoms with Crippen LogP contribution in [-0.2, 0) is 18.5 Å². The van der Waals surface area contributed by atoms with Crippen molar-refractivity contribution in [1.82, 2.24) is 14.9 Å². The van der Waals surface area contributed by atoms with Crippen LogP contribution in [0.2, 0.25) is 0 Å². The zero-order chi connectivity index (χ0) is 19.2. The lowest BCUT2D eigenvalue weighted by Crippen LogP contribution is -2.45. The van der Waals surface area contributed by atoms with E-state index < -0.39 is 17.2 Å². The Morgan fingerprint density at radius 3 is 2.63 bits per heavy atom. The van der Waals surface area contributed by atoms with Gasteiger partial charge in [-0.05, 0) is 56.2 Å². The molecule has 0 atom stereocenters. The highest BCUT2D eigenvalue weighted by atomic mass is 16.3. The first-order valence-corrected chi connectivity index (χ1v) is 9.60. The first-order chi connectivity index (χ1) is 12.9. The molecule has 1 aromatic heterocycles. The average Bonchev–Trinajstić information content (AvgIpc) is 2.63. The maximum Gasteiger partial charge on any atom is 0.296 e. The molecule has 0 bridgehead atoms. The smallest absolute Gasteiger partial charge is 0.296 e. The molecule has 0 radical (unpaired) electrons. The van der Waals surface area contributed by atoms with Crippen LogP contribution in [0.1, 0.15) is 65.1 Å². The molecule has 2 N–H and O–H groups in total. The van der Waals surface area contributed by atoms with Gasteiger partial charge in [0.15, 0.2) is 5.69 Å². The van der Waals surface area contributed by atoms with E-state index in [9.17, 15) is 14.7 Å². The highest BCUT2D eigenvalue weighted by Gasteiger charge is 2.44. The number of rotatable bonds is 3. The van der Waals surface area contributed by atoms with Gasteiger partial charge in [-0.2, -0.15) is 0 Å². The molecule has 1 amide bonds. The lowest BCUT2D eigenvalue weighted by Gasteiger charge is -2.45. The number of fused-ring (bicyclic) bond motifs is 2. The molecule has 1 aliphatic heterocycles. The molecule has 4 rings (SSSR count). The van der Waals surface area contributed by atoms with E-state index in [1.165, 1.54) is 5.56 Å². The molecule has 2 aliphatic rings. The minimum atomic E-state index is -0.548. The van der Waals surface area contributed by atoms with Crippen molar-refractivity contribution >= 4 is 5.91 Å². The fraction of sp³-hybridized carbons (Fsp3) is 0.476. The molecule has 6 heteroatoms. The number of nitrogens with zero attached hydrogens (tertiary/aromatic N) is 2. The Bertz CT molecular complexity index is 973. The summed E-state index contributed by atoms with van der Waals surface area (Å²) in [6.45, 7) is 4.94. The quantitative estimate of drug-likeness (QED) is 0.874. The number of carbonyl (C=O) groups is 1. The van der Waals surface area contributed by atoms with Crippen molar-refractivity contribution < 1.29 is 9.90 Å². The van der Waals surface area contributed by atoms with E-state index in [-0.39, 0.29) is 11.1 Å². The second kappa shape index (κ2) is 6.51. The van der Waals surface area contributed by atoms with Crippen molar-refractivity contribution in [3.63, 3.8) is 0 Å². The molecule has 27 heavy (non-hydrogen) atoms. The molecule has 1 saturated carbocycles. The Morgan fingerprint density at radius 1 is 1.22 bits per heavy atom. The Hall–Kier alpha value is -2.63. The molecular weight excluding hydrogens is 342 g/mol. The predicted molar refractivity (Wildman–Crippen MR) is 102 cm³/mol. The van der Waals surface area contributed by atoms with E-state index >= 15 is 0 Å². The number of hydrogen-bond acceptors (Lipinski definition) is 4. The van der Waals surface area contributed by atoms with Crippen LogP contribution in [0.3, 0.4) is 0 Å². The van der Waals surface area contributed by atoms with Crippen LogP contribution in [-0.4, -0.2) is 20.6 Å². The van der Waals surface area contributed by atoms with E-state index in [1.807, 2.05) is 32.0 Å². The Labute approximate surface area is 158 Å².